The van der Waals surface area contributed by atoms with Gasteiger partial charge in [0, 0.05) is 32.1 Å². The summed E-state index contributed by atoms with van der Waals surface area (Å²) in [5.74, 6) is -4.41. The molecule has 11 nitrogen and oxygen atoms in total. The van der Waals surface area contributed by atoms with Crippen LogP contribution < -0.4 is 0 Å². The number of aliphatic hydroxyl groups excluding tert-OH is 2. The molecule has 2 saturated carbocycles. The number of Topliss-reactive ketones (excluding diaryl/α,β-unsaturated/α-hetero) is 1. The molecule has 4 aliphatic rings. The third kappa shape index (κ3) is 4.08. The highest BCUT2D eigenvalue weighted by molar-refractivity contribution is 5.95. The fraction of sp³-hybridized carbons (Fsp3) is 0.613. The number of esters is 3. The van der Waals surface area contributed by atoms with Crippen LogP contribution in [0.15, 0.2) is 41.5 Å². The second-order valence-electron chi connectivity index (χ2n) is 12.8. The summed E-state index contributed by atoms with van der Waals surface area (Å²) in [5.41, 5.74) is -6.38. The van der Waals surface area contributed by atoms with Gasteiger partial charge in [-0.3, -0.25) is 14.4 Å². The minimum atomic E-state index is -2.11. The van der Waals surface area contributed by atoms with Crippen molar-refractivity contribution in [3.8, 4) is 0 Å². The normalized spacial score (nSPS) is 40.4. The number of benzene rings is 1. The standard InChI is InChI=1S/C31H38O11/c1-15-19(34)13-31(38)26(41-27(37)18-10-8-7-9-11-18)24-29(6,20(35)12-21-30(24,14-39-21)42-17(3)33)25(36)23(40-16(2)32)22(15)28(31,4)5/h7-11,19-21,23-24,26,34-35,38H,12-14H2,1-6H3/t19-,20-,21+,23+,24?,26-,29+,30-,31+/m0/s1. The molecule has 5 rings (SSSR count). The van der Waals surface area contributed by atoms with Crippen molar-refractivity contribution >= 4 is 23.7 Å². The minimum Gasteiger partial charge on any atom is -0.455 e. The molecule has 2 bridgehead atoms. The molecular weight excluding hydrogens is 548 g/mol. The van der Waals surface area contributed by atoms with Crippen LogP contribution in [0, 0.1) is 16.7 Å². The molecule has 3 N–H and O–H groups in total. The second-order valence-corrected chi connectivity index (χ2v) is 12.8. The van der Waals surface area contributed by atoms with E-state index in [4.69, 9.17) is 18.9 Å². The Labute approximate surface area is 243 Å². The highest BCUT2D eigenvalue weighted by Gasteiger charge is 2.78. The minimum absolute atomic E-state index is 0.110. The predicted octanol–water partition coefficient (Wildman–Crippen LogP) is 1.65. The van der Waals surface area contributed by atoms with Crippen LogP contribution in [0.4, 0.5) is 0 Å². The molecule has 0 spiro atoms. The Morgan fingerprint density at radius 2 is 1.64 bits per heavy atom. The van der Waals surface area contributed by atoms with Crippen molar-refractivity contribution in [1.82, 2.24) is 0 Å². The maximum atomic E-state index is 14.8. The first-order chi connectivity index (χ1) is 19.5. The number of ether oxygens (including phenoxy) is 4. The molecular formula is C31H38O11. The lowest BCUT2D eigenvalue weighted by molar-refractivity contribution is -0.345. The number of aliphatic hydroxyl groups is 3. The lowest BCUT2D eigenvalue weighted by Gasteiger charge is -2.67. The first kappa shape index (κ1) is 30.3. The van der Waals surface area contributed by atoms with Crippen LogP contribution in [0.1, 0.15) is 64.7 Å². The summed E-state index contributed by atoms with van der Waals surface area (Å²) in [6.45, 7) is 8.42. The van der Waals surface area contributed by atoms with Gasteiger partial charge in [0.15, 0.2) is 17.5 Å². The van der Waals surface area contributed by atoms with Gasteiger partial charge >= 0.3 is 17.9 Å². The zero-order valence-corrected chi connectivity index (χ0v) is 24.6. The van der Waals surface area contributed by atoms with E-state index in [1.165, 1.54) is 26.0 Å². The Morgan fingerprint density at radius 3 is 2.19 bits per heavy atom. The quantitative estimate of drug-likeness (QED) is 0.267. The molecule has 0 aromatic heterocycles. The number of carbonyl (C=O) groups excluding carboxylic acids is 4. The van der Waals surface area contributed by atoms with Gasteiger partial charge in [-0.25, -0.2) is 4.79 Å². The van der Waals surface area contributed by atoms with Gasteiger partial charge in [0.2, 0.25) is 0 Å². The second kappa shape index (κ2) is 9.97. The van der Waals surface area contributed by atoms with E-state index in [1.807, 2.05) is 0 Å². The molecule has 1 heterocycles. The summed E-state index contributed by atoms with van der Waals surface area (Å²) in [6.07, 6.45) is -7.27. The Morgan fingerprint density at radius 1 is 1.00 bits per heavy atom. The van der Waals surface area contributed by atoms with Gasteiger partial charge in [0.1, 0.15) is 17.8 Å². The summed E-state index contributed by atoms with van der Waals surface area (Å²) in [6, 6.07) is 8.05. The molecule has 0 amide bonds. The fourth-order valence-corrected chi connectivity index (χ4v) is 7.91. The van der Waals surface area contributed by atoms with E-state index < -0.39 is 82.2 Å². The van der Waals surface area contributed by atoms with E-state index in [0.717, 1.165) is 6.92 Å². The SMILES string of the molecule is CC(=O)O[C@H]1C(=O)[C@@]2(C)C([C@H](OC(=O)c3ccccc3)[C@]3(O)C[C@H](O)C(C)=C1C3(C)C)[C@]1(OC(C)=O)CO[C@@H]1C[C@@H]2O. The summed E-state index contributed by atoms with van der Waals surface area (Å²) in [5, 5.41) is 35.8. The number of carbonyl (C=O) groups is 4. The van der Waals surface area contributed by atoms with Gasteiger partial charge < -0.3 is 34.3 Å². The molecule has 11 heteroatoms. The zero-order chi connectivity index (χ0) is 31.0. The molecule has 1 aromatic carbocycles. The molecule has 0 radical (unpaired) electrons. The predicted molar refractivity (Wildman–Crippen MR) is 145 cm³/mol. The van der Waals surface area contributed by atoms with Crippen molar-refractivity contribution < 1.29 is 53.4 Å². The van der Waals surface area contributed by atoms with Gasteiger partial charge in [-0.05, 0) is 37.1 Å². The molecule has 1 aliphatic heterocycles. The lowest BCUT2D eigenvalue weighted by Crippen LogP contribution is -2.81. The Balaban J connectivity index is 1.84. The molecule has 3 fully saturated rings. The van der Waals surface area contributed by atoms with Crippen LogP contribution in [0.25, 0.3) is 0 Å². The van der Waals surface area contributed by atoms with E-state index in [2.05, 4.69) is 0 Å². The average Bonchev–Trinajstić information content (AvgIpc) is 2.90. The van der Waals surface area contributed by atoms with Crippen molar-refractivity contribution in [2.24, 2.45) is 16.7 Å². The number of ketones is 1. The van der Waals surface area contributed by atoms with Crippen molar-refractivity contribution in [1.29, 1.82) is 0 Å². The van der Waals surface area contributed by atoms with E-state index in [9.17, 15) is 34.5 Å². The Hall–Kier alpha value is -3.12. The monoisotopic (exact) mass is 586 g/mol. The zero-order valence-electron chi connectivity index (χ0n) is 24.6. The largest absolute Gasteiger partial charge is 0.455 e. The molecule has 9 atom stereocenters. The third-order valence-corrected chi connectivity index (χ3v) is 10.2. The smallest absolute Gasteiger partial charge is 0.338 e. The summed E-state index contributed by atoms with van der Waals surface area (Å²) < 4.78 is 23.5. The van der Waals surface area contributed by atoms with Crippen LogP contribution in [0.3, 0.4) is 0 Å². The first-order valence-corrected chi connectivity index (χ1v) is 14.1. The van der Waals surface area contributed by atoms with Crippen LogP contribution >= 0.6 is 0 Å². The molecule has 1 saturated heterocycles. The molecule has 3 aliphatic carbocycles. The van der Waals surface area contributed by atoms with Crippen molar-refractivity contribution in [3.05, 3.63) is 47.0 Å². The van der Waals surface area contributed by atoms with Crippen LogP contribution in [-0.2, 0) is 33.3 Å². The fourth-order valence-electron chi connectivity index (χ4n) is 7.91. The number of fused-ring (bicyclic) bond motifs is 5. The van der Waals surface area contributed by atoms with Crippen molar-refractivity contribution in [2.45, 2.75) is 96.1 Å². The van der Waals surface area contributed by atoms with Gasteiger partial charge in [0.25, 0.3) is 0 Å². The lowest BCUT2D eigenvalue weighted by atomic mass is 9.44. The molecule has 42 heavy (non-hydrogen) atoms. The average molecular weight is 587 g/mol. The van der Waals surface area contributed by atoms with E-state index in [0.29, 0.717) is 5.57 Å². The third-order valence-electron chi connectivity index (χ3n) is 10.2. The molecule has 228 valence electrons. The van der Waals surface area contributed by atoms with E-state index in [1.54, 1.807) is 39.0 Å². The van der Waals surface area contributed by atoms with E-state index >= 15 is 0 Å². The van der Waals surface area contributed by atoms with Gasteiger partial charge in [-0.2, -0.15) is 0 Å². The highest BCUT2D eigenvalue weighted by Crippen LogP contribution is 2.64. The topological polar surface area (TPSA) is 166 Å². The van der Waals surface area contributed by atoms with Crippen molar-refractivity contribution in [3.63, 3.8) is 0 Å². The van der Waals surface area contributed by atoms with Crippen molar-refractivity contribution in [2.75, 3.05) is 6.61 Å². The first-order valence-electron chi connectivity index (χ1n) is 14.1. The summed E-state index contributed by atoms with van der Waals surface area (Å²) in [4.78, 5) is 53.4. The number of rotatable bonds is 4. The summed E-state index contributed by atoms with van der Waals surface area (Å²) in [7, 11) is 0. The highest BCUT2D eigenvalue weighted by atomic mass is 16.6. The Bertz CT molecular complexity index is 1350. The Kier molecular flexibility index (Phi) is 7.20. The number of hydrogen-bond donors (Lipinski definition) is 3. The van der Waals surface area contributed by atoms with Crippen LogP contribution in [0.2, 0.25) is 0 Å². The maximum Gasteiger partial charge on any atom is 0.338 e. The van der Waals surface area contributed by atoms with Gasteiger partial charge in [0.05, 0.1) is 35.7 Å². The summed E-state index contributed by atoms with van der Waals surface area (Å²) >= 11 is 0. The maximum absolute atomic E-state index is 14.8. The van der Waals surface area contributed by atoms with Gasteiger partial charge in [-0.1, -0.05) is 32.0 Å². The molecule has 1 unspecified atom stereocenters. The van der Waals surface area contributed by atoms with E-state index in [-0.39, 0.29) is 30.6 Å². The van der Waals surface area contributed by atoms with Crippen LogP contribution in [0.5, 0.6) is 0 Å². The van der Waals surface area contributed by atoms with Gasteiger partial charge in [-0.15, -0.1) is 0 Å². The molecule has 1 aromatic rings. The van der Waals surface area contributed by atoms with Crippen LogP contribution in [-0.4, -0.2) is 87.3 Å². The number of hydrogen-bond acceptors (Lipinski definition) is 11.